The van der Waals surface area contributed by atoms with E-state index in [-0.39, 0.29) is 12.1 Å². The van der Waals surface area contributed by atoms with Crippen LogP contribution in [0, 0.1) is 13.8 Å². The number of aromatic nitrogens is 2. The van der Waals surface area contributed by atoms with Gasteiger partial charge in [0.05, 0.1) is 18.3 Å². The van der Waals surface area contributed by atoms with Gasteiger partial charge in [-0.1, -0.05) is 6.92 Å². The van der Waals surface area contributed by atoms with Crippen molar-refractivity contribution in [3.8, 4) is 0 Å². The highest BCUT2D eigenvalue weighted by Crippen LogP contribution is 2.37. The van der Waals surface area contributed by atoms with Crippen LogP contribution in [0.15, 0.2) is 6.07 Å². The highest BCUT2D eigenvalue weighted by atomic mass is 16.3. The van der Waals surface area contributed by atoms with E-state index >= 15 is 0 Å². The van der Waals surface area contributed by atoms with E-state index in [9.17, 15) is 5.11 Å². The molecule has 2 atom stereocenters. The molecule has 4 heteroatoms. The fraction of sp³-hybridized carbons (Fsp3) is 0.786. The summed E-state index contributed by atoms with van der Waals surface area (Å²) >= 11 is 0. The van der Waals surface area contributed by atoms with Gasteiger partial charge in [-0.05, 0) is 52.1 Å². The summed E-state index contributed by atoms with van der Waals surface area (Å²) in [4.78, 5) is 0. The summed E-state index contributed by atoms with van der Waals surface area (Å²) in [5.41, 5.74) is 2.21. The molecule has 1 aliphatic carbocycles. The second kappa shape index (κ2) is 5.41. The zero-order valence-electron chi connectivity index (χ0n) is 11.7. The quantitative estimate of drug-likeness (QED) is 0.841. The number of aliphatic hydroxyl groups is 1. The molecule has 0 aromatic carbocycles. The van der Waals surface area contributed by atoms with Gasteiger partial charge in [-0.15, -0.1) is 0 Å². The van der Waals surface area contributed by atoms with E-state index in [1.165, 1.54) is 5.69 Å². The van der Waals surface area contributed by atoms with Crippen LogP contribution in [-0.4, -0.2) is 33.6 Å². The highest BCUT2D eigenvalue weighted by Gasteiger charge is 2.39. The number of nitrogens with one attached hydrogen (secondary N) is 1. The molecule has 1 fully saturated rings. The number of hydrogen-bond acceptors (Lipinski definition) is 3. The van der Waals surface area contributed by atoms with E-state index in [4.69, 9.17) is 0 Å². The Morgan fingerprint density at radius 3 is 2.89 bits per heavy atom. The molecule has 0 amide bonds. The Balaban J connectivity index is 2.08. The first-order valence-electron chi connectivity index (χ1n) is 6.99. The smallest absolute Gasteiger partial charge is 0.0614 e. The summed E-state index contributed by atoms with van der Waals surface area (Å²) in [7, 11) is 0. The topological polar surface area (TPSA) is 50.1 Å². The fourth-order valence-electron chi connectivity index (χ4n) is 3.07. The molecule has 1 aromatic rings. The molecule has 1 saturated carbocycles. The summed E-state index contributed by atoms with van der Waals surface area (Å²) in [6, 6.07) is 2.55. The minimum absolute atomic E-state index is 0.0903. The molecule has 2 rings (SSSR count). The third kappa shape index (κ3) is 2.59. The van der Waals surface area contributed by atoms with Crippen LogP contribution in [0.5, 0.6) is 0 Å². The first-order chi connectivity index (χ1) is 8.60. The van der Waals surface area contributed by atoms with Gasteiger partial charge < -0.3 is 10.4 Å². The van der Waals surface area contributed by atoms with Crippen molar-refractivity contribution in [1.82, 2.24) is 15.1 Å². The lowest BCUT2D eigenvalue weighted by molar-refractivity contribution is 0.160. The van der Waals surface area contributed by atoms with Crippen LogP contribution in [0.1, 0.15) is 50.0 Å². The first-order valence-corrected chi connectivity index (χ1v) is 6.99. The molecule has 102 valence electrons. The maximum atomic E-state index is 9.69. The van der Waals surface area contributed by atoms with Crippen molar-refractivity contribution in [2.24, 2.45) is 0 Å². The van der Waals surface area contributed by atoms with Crippen LogP contribution in [0.2, 0.25) is 0 Å². The zero-order valence-corrected chi connectivity index (χ0v) is 11.7. The number of aryl methyl sites for hydroxylation is 2. The molecule has 18 heavy (non-hydrogen) atoms. The summed E-state index contributed by atoms with van der Waals surface area (Å²) in [5, 5.41) is 17.8. The highest BCUT2D eigenvalue weighted by molar-refractivity contribution is 5.09. The summed E-state index contributed by atoms with van der Waals surface area (Å²) in [5.74, 6) is 0. The van der Waals surface area contributed by atoms with E-state index in [0.717, 1.165) is 37.9 Å². The Morgan fingerprint density at radius 2 is 2.33 bits per heavy atom. The van der Waals surface area contributed by atoms with Crippen molar-refractivity contribution in [3.05, 3.63) is 17.5 Å². The Hall–Kier alpha value is -0.870. The molecule has 0 spiro atoms. The largest absolute Gasteiger partial charge is 0.394 e. The maximum Gasteiger partial charge on any atom is 0.0614 e. The Morgan fingerprint density at radius 1 is 1.56 bits per heavy atom. The van der Waals surface area contributed by atoms with Crippen molar-refractivity contribution in [2.75, 3.05) is 13.2 Å². The lowest BCUT2D eigenvalue weighted by Gasteiger charge is -2.28. The number of hydrogen-bond donors (Lipinski definition) is 2. The van der Waals surface area contributed by atoms with Gasteiger partial charge in [0.15, 0.2) is 0 Å². The molecule has 4 nitrogen and oxygen atoms in total. The van der Waals surface area contributed by atoms with E-state index < -0.39 is 0 Å². The molecule has 1 heterocycles. The second-order valence-corrected chi connectivity index (χ2v) is 5.63. The van der Waals surface area contributed by atoms with Crippen molar-refractivity contribution < 1.29 is 5.11 Å². The molecule has 2 N–H and O–H groups in total. The van der Waals surface area contributed by atoms with Gasteiger partial charge in [-0.2, -0.15) is 5.10 Å². The third-order valence-corrected chi connectivity index (χ3v) is 4.03. The van der Waals surface area contributed by atoms with Crippen molar-refractivity contribution in [2.45, 2.75) is 58.0 Å². The average molecular weight is 251 g/mol. The van der Waals surface area contributed by atoms with Gasteiger partial charge >= 0.3 is 0 Å². The van der Waals surface area contributed by atoms with Gasteiger partial charge in [0.2, 0.25) is 0 Å². The van der Waals surface area contributed by atoms with Crippen LogP contribution < -0.4 is 5.32 Å². The number of aliphatic hydroxyl groups excluding tert-OH is 1. The standard InChI is InChI=1S/C14H25N3O/c1-4-7-15-14(10-18)6-5-13(9-14)17-12(3)8-11(2)16-17/h8,13,15,18H,4-7,9-10H2,1-3H3. The third-order valence-electron chi connectivity index (χ3n) is 4.03. The molecule has 0 aliphatic heterocycles. The second-order valence-electron chi connectivity index (χ2n) is 5.63. The minimum atomic E-state index is -0.0903. The van der Waals surface area contributed by atoms with E-state index in [0.29, 0.717) is 6.04 Å². The van der Waals surface area contributed by atoms with Crippen LogP contribution >= 0.6 is 0 Å². The van der Waals surface area contributed by atoms with Gasteiger partial charge in [0.1, 0.15) is 0 Å². The fourth-order valence-corrected chi connectivity index (χ4v) is 3.07. The summed E-state index contributed by atoms with van der Waals surface area (Å²) in [6.07, 6.45) is 4.21. The van der Waals surface area contributed by atoms with Crippen molar-refractivity contribution in [3.63, 3.8) is 0 Å². The minimum Gasteiger partial charge on any atom is -0.394 e. The van der Waals surface area contributed by atoms with E-state index in [1.807, 2.05) is 6.92 Å². The normalized spacial score (nSPS) is 27.9. The van der Waals surface area contributed by atoms with Crippen molar-refractivity contribution in [1.29, 1.82) is 0 Å². The van der Waals surface area contributed by atoms with E-state index in [2.05, 4.69) is 35.0 Å². The van der Waals surface area contributed by atoms with E-state index in [1.54, 1.807) is 0 Å². The SMILES string of the molecule is CCCNC1(CO)CCC(n2nc(C)cc2C)C1. The zero-order chi connectivity index (χ0) is 13.2. The van der Waals surface area contributed by atoms with Crippen LogP contribution in [-0.2, 0) is 0 Å². The molecule has 0 radical (unpaired) electrons. The molecule has 1 aromatic heterocycles. The first kappa shape index (κ1) is 13.6. The summed E-state index contributed by atoms with van der Waals surface area (Å²) in [6.45, 7) is 7.50. The van der Waals surface area contributed by atoms with Crippen molar-refractivity contribution >= 4 is 0 Å². The van der Waals surface area contributed by atoms with Gasteiger partial charge in [-0.25, -0.2) is 0 Å². The Kier molecular flexibility index (Phi) is 4.07. The van der Waals surface area contributed by atoms with Gasteiger partial charge in [0.25, 0.3) is 0 Å². The van der Waals surface area contributed by atoms with Crippen LogP contribution in [0.25, 0.3) is 0 Å². The molecule has 2 unspecified atom stereocenters. The molecule has 1 aliphatic rings. The maximum absolute atomic E-state index is 9.69. The summed E-state index contributed by atoms with van der Waals surface area (Å²) < 4.78 is 2.14. The number of nitrogens with zero attached hydrogens (tertiary/aromatic N) is 2. The molecular formula is C14H25N3O. The predicted molar refractivity (Wildman–Crippen MR) is 72.7 cm³/mol. The monoisotopic (exact) mass is 251 g/mol. The lowest BCUT2D eigenvalue weighted by atomic mass is 9.98. The van der Waals surface area contributed by atoms with Gasteiger partial charge in [-0.3, -0.25) is 4.68 Å². The van der Waals surface area contributed by atoms with Crippen LogP contribution in [0.3, 0.4) is 0 Å². The number of rotatable bonds is 5. The molecule has 0 saturated heterocycles. The van der Waals surface area contributed by atoms with Crippen LogP contribution in [0.4, 0.5) is 0 Å². The Bertz CT molecular complexity index is 402. The molecule has 0 bridgehead atoms. The lowest BCUT2D eigenvalue weighted by Crippen LogP contribution is -2.46. The molecular weight excluding hydrogens is 226 g/mol. The Labute approximate surface area is 109 Å². The predicted octanol–water partition coefficient (Wildman–Crippen LogP) is 1.96. The van der Waals surface area contributed by atoms with Gasteiger partial charge in [0, 0.05) is 11.2 Å². The average Bonchev–Trinajstić information content (AvgIpc) is 2.91.